The monoisotopic (exact) mass is 998 g/mol. The minimum Gasteiger partial charge on any atom is -0.497 e. The number of benzene rings is 10. The molecule has 0 heterocycles. The van der Waals surface area contributed by atoms with Gasteiger partial charge in [-0.3, -0.25) is 0 Å². The maximum atomic E-state index is 9.56. The van der Waals surface area contributed by atoms with E-state index in [2.05, 4.69) is 57.0 Å². The van der Waals surface area contributed by atoms with Gasteiger partial charge in [0.25, 0.3) is 17.1 Å². The number of allylic oxidation sites excluding steroid dienone is 3. The van der Waals surface area contributed by atoms with Crippen LogP contribution in [0.5, 0.6) is 5.75 Å². The van der Waals surface area contributed by atoms with Crippen LogP contribution in [0.1, 0.15) is 33.4 Å². The maximum absolute atomic E-state index is 9.56. The van der Waals surface area contributed by atoms with Crippen molar-refractivity contribution in [1.82, 2.24) is 0 Å². The standard InChI is InChI=1S/C28H18N2.C23H16N2O.C20H12N2/c1-30-27(20-29)28(25-16-12-23(13-17-25)21-8-4-2-5-9-21)26-18-14-24(15-19-26)22-10-6-3-7-11-22;1-25-22(16-24)23(20-12-14-21(26-2)15-13-20)19-10-8-18(9-11-19)17-6-4-3-5-7-17;1-22-19(14-21)20(16-8-3-2-4-9-16)18-12-11-15-7-5-6-10-17(15)13-18/h2-19H;3-15H,2H3;2-13H/b;23-22-;20-19+. The maximum Gasteiger partial charge on any atom is 0.270 e. The van der Waals surface area contributed by atoms with E-state index in [0.29, 0.717) is 16.7 Å². The molecule has 10 aromatic rings. The molecule has 0 aliphatic rings. The summed E-state index contributed by atoms with van der Waals surface area (Å²) >= 11 is 0. The fourth-order valence-corrected chi connectivity index (χ4v) is 8.82. The van der Waals surface area contributed by atoms with Crippen LogP contribution < -0.4 is 4.74 Å². The van der Waals surface area contributed by atoms with Crippen molar-refractivity contribution >= 4 is 27.5 Å². The van der Waals surface area contributed by atoms with Crippen molar-refractivity contribution in [2.45, 2.75) is 0 Å². The van der Waals surface area contributed by atoms with Gasteiger partial charge in [0.2, 0.25) is 0 Å². The van der Waals surface area contributed by atoms with Crippen LogP contribution in [0.25, 0.3) is 75.4 Å². The van der Waals surface area contributed by atoms with Crippen molar-refractivity contribution < 1.29 is 4.74 Å². The highest BCUT2D eigenvalue weighted by atomic mass is 16.5. The lowest BCUT2D eigenvalue weighted by molar-refractivity contribution is 0.415. The summed E-state index contributed by atoms with van der Waals surface area (Å²) in [6.45, 7) is 22.1. The summed E-state index contributed by atoms with van der Waals surface area (Å²) in [6, 6.07) is 91.5. The highest BCUT2D eigenvalue weighted by Gasteiger charge is 2.16. The van der Waals surface area contributed by atoms with Crippen LogP contribution in [-0.2, 0) is 0 Å². The first-order chi connectivity index (χ1) is 38.4. The molecule has 78 heavy (non-hydrogen) atoms. The Morgan fingerprint density at radius 1 is 0.308 bits per heavy atom. The Bertz CT molecular complexity index is 3920. The summed E-state index contributed by atoms with van der Waals surface area (Å²) in [5.74, 6) is 0.730. The molecule has 0 saturated heterocycles. The molecule has 10 aromatic carbocycles. The number of hydrogen-bond acceptors (Lipinski definition) is 4. The first-order valence-corrected chi connectivity index (χ1v) is 24.6. The predicted molar refractivity (Wildman–Crippen MR) is 314 cm³/mol. The van der Waals surface area contributed by atoms with Crippen molar-refractivity contribution in [3.8, 4) is 57.3 Å². The largest absolute Gasteiger partial charge is 0.497 e. The van der Waals surface area contributed by atoms with Crippen LogP contribution in [0.4, 0.5) is 0 Å². The third-order valence-electron chi connectivity index (χ3n) is 12.7. The number of methoxy groups -OCH3 is 1. The molecule has 0 radical (unpaired) electrons. The molecule has 7 nitrogen and oxygen atoms in total. The lowest BCUT2D eigenvalue weighted by Crippen LogP contribution is -1.92. The topological polar surface area (TPSA) is 93.7 Å². The molecule has 0 saturated carbocycles. The molecule has 0 aliphatic carbocycles. The number of nitrogens with zero attached hydrogens (tertiary/aromatic N) is 6. The van der Waals surface area contributed by atoms with Crippen molar-refractivity contribution in [1.29, 1.82) is 15.8 Å². The number of hydrogen-bond donors (Lipinski definition) is 0. The molecule has 0 atom stereocenters. The van der Waals surface area contributed by atoms with Gasteiger partial charge in [0.1, 0.15) is 5.75 Å². The van der Waals surface area contributed by atoms with E-state index in [1.54, 1.807) is 7.11 Å². The Morgan fingerprint density at radius 2 is 0.577 bits per heavy atom. The SMILES string of the molecule is [C-]#[N+]/C(C#N)=C(\c1ccc(OC)cc1)c1ccc(-c2ccccc2)cc1.[C-]#[N+]/C(C#N)=C(\c1ccccc1)c1ccc2ccccc2c1.[C-]#[N+]C(C#N)=C(c1ccc(-c2ccccc2)cc1)c1ccc(-c2ccccc2)cc1. The number of fused-ring (bicyclic) bond motifs is 1. The zero-order valence-corrected chi connectivity index (χ0v) is 42.4. The molecule has 0 aliphatic heterocycles. The molecule has 0 unspecified atom stereocenters. The minimum atomic E-state index is 0.0719. The van der Waals surface area contributed by atoms with E-state index in [-0.39, 0.29) is 17.1 Å². The summed E-state index contributed by atoms with van der Waals surface area (Å²) in [5, 5.41) is 30.5. The van der Waals surface area contributed by atoms with Crippen LogP contribution in [0.2, 0.25) is 0 Å². The molecular weight excluding hydrogens is 953 g/mol. The van der Waals surface area contributed by atoms with Crippen molar-refractivity contribution in [2.24, 2.45) is 0 Å². The van der Waals surface area contributed by atoms with Crippen LogP contribution in [-0.4, -0.2) is 7.11 Å². The summed E-state index contributed by atoms with van der Waals surface area (Å²) in [6.07, 6.45) is 0. The quantitative estimate of drug-likeness (QED) is 0.101. The molecule has 366 valence electrons. The number of nitriles is 3. The van der Waals surface area contributed by atoms with Gasteiger partial charge in [-0.05, 0) is 95.7 Å². The highest BCUT2D eigenvalue weighted by molar-refractivity contribution is 5.92. The Labute approximate surface area is 455 Å². The second-order valence-corrected chi connectivity index (χ2v) is 17.3. The number of rotatable bonds is 10. The fourth-order valence-electron chi connectivity index (χ4n) is 8.82. The van der Waals surface area contributed by atoms with Gasteiger partial charge in [-0.25, -0.2) is 30.3 Å². The average molecular weight is 999 g/mol. The van der Waals surface area contributed by atoms with Crippen molar-refractivity contribution in [3.63, 3.8) is 0 Å². The first kappa shape index (κ1) is 52.7. The van der Waals surface area contributed by atoms with E-state index in [1.165, 1.54) is 0 Å². The zero-order chi connectivity index (χ0) is 54.5. The van der Waals surface area contributed by atoms with Gasteiger partial charge in [0.05, 0.1) is 45.0 Å². The van der Waals surface area contributed by atoms with Gasteiger partial charge >= 0.3 is 0 Å². The Hall–Kier alpha value is -11.6. The lowest BCUT2D eigenvalue weighted by Gasteiger charge is -2.11. The third-order valence-corrected chi connectivity index (χ3v) is 12.7. The van der Waals surface area contributed by atoms with Crippen molar-refractivity contribution in [2.75, 3.05) is 7.11 Å². The van der Waals surface area contributed by atoms with Gasteiger partial charge in [-0.2, -0.15) is 0 Å². The lowest BCUT2D eigenvalue weighted by atomic mass is 9.93. The van der Waals surface area contributed by atoms with E-state index in [0.717, 1.165) is 83.3 Å². The highest BCUT2D eigenvalue weighted by Crippen LogP contribution is 2.34. The van der Waals surface area contributed by atoms with Gasteiger partial charge in [0, 0.05) is 16.7 Å². The second-order valence-electron chi connectivity index (χ2n) is 17.3. The normalized spacial score (nSPS) is 10.7. The smallest absolute Gasteiger partial charge is 0.270 e. The Kier molecular flexibility index (Phi) is 17.8. The van der Waals surface area contributed by atoms with E-state index in [1.807, 2.05) is 237 Å². The fraction of sp³-hybridized carbons (Fsp3) is 0.0141. The van der Waals surface area contributed by atoms with Crippen LogP contribution in [0.15, 0.2) is 278 Å². The van der Waals surface area contributed by atoms with Gasteiger partial charge in [-0.15, -0.1) is 0 Å². The van der Waals surface area contributed by atoms with E-state index in [9.17, 15) is 15.8 Å². The Balaban J connectivity index is 0.000000156. The van der Waals surface area contributed by atoms with Gasteiger partial charge in [-0.1, -0.05) is 243 Å². The van der Waals surface area contributed by atoms with Crippen LogP contribution in [0.3, 0.4) is 0 Å². The molecule has 0 bridgehead atoms. The van der Waals surface area contributed by atoms with E-state index >= 15 is 0 Å². The molecule has 7 heteroatoms. The second kappa shape index (κ2) is 26.4. The molecule has 10 rings (SSSR count). The molecular formula is C71H46N6O. The average Bonchev–Trinajstić information content (AvgIpc) is 3.54. The number of ether oxygens (including phenoxy) is 1. The third kappa shape index (κ3) is 12.8. The predicted octanol–water partition coefficient (Wildman–Crippen LogP) is 17.8. The summed E-state index contributed by atoms with van der Waals surface area (Å²) in [4.78, 5) is 10.3. The van der Waals surface area contributed by atoms with E-state index in [4.69, 9.17) is 24.5 Å². The molecule has 0 fully saturated rings. The molecule has 0 N–H and O–H groups in total. The zero-order valence-electron chi connectivity index (χ0n) is 42.4. The van der Waals surface area contributed by atoms with Crippen molar-refractivity contribution in [3.05, 3.63) is 346 Å². The van der Waals surface area contributed by atoms with E-state index < -0.39 is 0 Å². The van der Waals surface area contributed by atoms with Gasteiger partial charge < -0.3 is 4.74 Å². The summed E-state index contributed by atoms with van der Waals surface area (Å²) in [5.41, 5.74) is 14.0. The summed E-state index contributed by atoms with van der Waals surface area (Å²) < 4.78 is 5.19. The Morgan fingerprint density at radius 3 is 0.910 bits per heavy atom. The summed E-state index contributed by atoms with van der Waals surface area (Å²) in [7, 11) is 1.61. The van der Waals surface area contributed by atoms with Gasteiger partial charge in [0.15, 0.2) is 0 Å². The van der Waals surface area contributed by atoms with Crippen LogP contribution in [0, 0.1) is 53.7 Å². The first-order valence-electron chi connectivity index (χ1n) is 24.6. The minimum absolute atomic E-state index is 0.0719. The van der Waals surface area contributed by atoms with Crippen LogP contribution >= 0.6 is 0 Å². The molecule has 0 aromatic heterocycles. The molecule has 0 amide bonds. The molecule has 0 spiro atoms.